The van der Waals surface area contributed by atoms with Crippen LogP contribution in [0.1, 0.15) is 44.0 Å². The molecule has 1 aliphatic carbocycles. The maximum absolute atomic E-state index is 5.54. The average molecular weight is 263 g/mol. The molecule has 1 heterocycles. The Labute approximate surface area is 115 Å². The van der Waals surface area contributed by atoms with E-state index in [2.05, 4.69) is 34.3 Å². The molecule has 0 bridgehead atoms. The van der Waals surface area contributed by atoms with Gasteiger partial charge in [-0.2, -0.15) is 0 Å². The van der Waals surface area contributed by atoms with Crippen molar-refractivity contribution in [3.8, 4) is 0 Å². The molecular formula is C14H25N5. The van der Waals surface area contributed by atoms with Gasteiger partial charge in [-0.15, -0.1) is 0 Å². The van der Waals surface area contributed by atoms with E-state index in [1.165, 1.54) is 25.7 Å². The van der Waals surface area contributed by atoms with E-state index < -0.39 is 0 Å². The van der Waals surface area contributed by atoms with Crippen LogP contribution in [0.3, 0.4) is 0 Å². The summed E-state index contributed by atoms with van der Waals surface area (Å²) in [6.07, 6.45) is 5.21. The molecule has 0 spiro atoms. The van der Waals surface area contributed by atoms with Gasteiger partial charge in [0.05, 0.1) is 0 Å². The number of nitrogen functional groups attached to an aromatic ring is 1. The minimum atomic E-state index is 0.562. The van der Waals surface area contributed by atoms with Crippen molar-refractivity contribution in [2.75, 3.05) is 17.4 Å². The molecule has 1 aliphatic rings. The van der Waals surface area contributed by atoms with Gasteiger partial charge in [0.25, 0.3) is 0 Å². The normalized spacial score (nSPS) is 23.2. The lowest BCUT2D eigenvalue weighted by atomic mass is 9.85. The molecule has 2 unspecified atom stereocenters. The fraction of sp³-hybridized carbons (Fsp3) is 0.714. The lowest BCUT2D eigenvalue weighted by Gasteiger charge is -2.37. The van der Waals surface area contributed by atoms with Crippen molar-refractivity contribution in [1.82, 2.24) is 9.97 Å². The van der Waals surface area contributed by atoms with Crippen LogP contribution in [0.4, 0.5) is 11.6 Å². The highest BCUT2D eigenvalue weighted by Gasteiger charge is 2.27. The Hall–Kier alpha value is -1.36. The zero-order valence-corrected chi connectivity index (χ0v) is 12.4. The zero-order valence-electron chi connectivity index (χ0n) is 12.4. The van der Waals surface area contributed by atoms with E-state index in [4.69, 9.17) is 5.84 Å². The van der Waals surface area contributed by atoms with Gasteiger partial charge in [-0.1, -0.05) is 19.8 Å². The van der Waals surface area contributed by atoms with Gasteiger partial charge in [-0.25, -0.2) is 15.8 Å². The molecule has 0 radical (unpaired) electrons. The van der Waals surface area contributed by atoms with Crippen LogP contribution >= 0.6 is 0 Å². The lowest BCUT2D eigenvalue weighted by molar-refractivity contribution is 0.320. The van der Waals surface area contributed by atoms with Gasteiger partial charge < -0.3 is 10.3 Å². The molecule has 2 rings (SSSR count). The first-order valence-electron chi connectivity index (χ1n) is 7.09. The fourth-order valence-electron chi connectivity index (χ4n) is 3.13. The molecule has 0 aromatic carbocycles. The van der Waals surface area contributed by atoms with E-state index in [1.807, 2.05) is 13.8 Å². The summed E-state index contributed by atoms with van der Waals surface area (Å²) in [6.45, 7) is 6.27. The van der Waals surface area contributed by atoms with Crippen molar-refractivity contribution in [2.24, 2.45) is 11.8 Å². The molecule has 0 aliphatic heterocycles. The second-order valence-corrected chi connectivity index (χ2v) is 5.65. The minimum Gasteiger partial charge on any atom is -0.356 e. The Morgan fingerprint density at radius 2 is 1.89 bits per heavy atom. The number of nitrogens with zero attached hydrogens (tertiary/aromatic N) is 3. The summed E-state index contributed by atoms with van der Waals surface area (Å²) in [4.78, 5) is 11.2. The van der Waals surface area contributed by atoms with Crippen LogP contribution in [0.5, 0.6) is 0 Å². The number of aryl methyl sites for hydroxylation is 1. The number of nitrogens with one attached hydrogen (secondary N) is 1. The van der Waals surface area contributed by atoms with Crippen LogP contribution in [0.2, 0.25) is 0 Å². The van der Waals surface area contributed by atoms with Gasteiger partial charge >= 0.3 is 0 Å². The topological polar surface area (TPSA) is 67.1 Å². The fourth-order valence-corrected chi connectivity index (χ4v) is 3.13. The number of nitrogens with two attached hydrogens (primary N) is 1. The van der Waals surface area contributed by atoms with Gasteiger partial charge in [0.1, 0.15) is 17.5 Å². The molecule has 3 N–H and O–H groups in total. The van der Waals surface area contributed by atoms with Gasteiger partial charge in [0.15, 0.2) is 0 Å². The van der Waals surface area contributed by atoms with Crippen LogP contribution in [0.25, 0.3) is 0 Å². The van der Waals surface area contributed by atoms with Crippen molar-refractivity contribution >= 4 is 11.6 Å². The van der Waals surface area contributed by atoms with Crippen LogP contribution in [-0.4, -0.2) is 23.1 Å². The second kappa shape index (κ2) is 5.74. The van der Waals surface area contributed by atoms with Crippen LogP contribution in [0, 0.1) is 19.8 Å². The predicted octanol–water partition coefficient (Wildman–Crippen LogP) is 2.39. The average Bonchev–Trinajstić information content (AvgIpc) is 2.40. The summed E-state index contributed by atoms with van der Waals surface area (Å²) in [7, 11) is 2.14. The number of anilines is 2. The smallest absolute Gasteiger partial charge is 0.148 e. The van der Waals surface area contributed by atoms with E-state index in [0.717, 1.165) is 23.0 Å². The summed E-state index contributed by atoms with van der Waals surface area (Å²) in [5.41, 5.74) is 3.69. The maximum Gasteiger partial charge on any atom is 0.148 e. The number of rotatable bonds is 3. The van der Waals surface area contributed by atoms with Crippen molar-refractivity contribution in [3.05, 3.63) is 11.4 Å². The molecule has 5 heteroatoms. The predicted molar refractivity (Wildman–Crippen MR) is 79.1 cm³/mol. The number of hydrogen-bond donors (Lipinski definition) is 2. The molecule has 106 valence electrons. The maximum atomic E-state index is 5.54. The zero-order chi connectivity index (χ0) is 14.0. The van der Waals surface area contributed by atoms with Crippen LogP contribution in [0.15, 0.2) is 0 Å². The van der Waals surface area contributed by atoms with Crippen molar-refractivity contribution < 1.29 is 0 Å². The quantitative estimate of drug-likeness (QED) is 0.647. The molecule has 5 nitrogen and oxygen atoms in total. The Balaban J connectivity index is 2.32. The first kappa shape index (κ1) is 14.1. The first-order chi connectivity index (χ1) is 9.04. The third kappa shape index (κ3) is 2.81. The molecule has 1 aromatic heterocycles. The molecule has 0 saturated heterocycles. The van der Waals surface area contributed by atoms with E-state index in [1.54, 1.807) is 0 Å². The summed E-state index contributed by atoms with van der Waals surface area (Å²) < 4.78 is 0. The first-order valence-corrected chi connectivity index (χ1v) is 7.09. The number of hydrogen-bond acceptors (Lipinski definition) is 5. The molecular weight excluding hydrogens is 238 g/mol. The summed E-state index contributed by atoms with van der Waals surface area (Å²) in [6, 6.07) is 0.562. The monoisotopic (exact) mass is 263 g/mol. The lowest BCUT2D eigenvalue weighted by Crippen LogP contribution is -2.40. The molecule has 2 atom stereocenters. The molecule has 19 heavy (non-hydrogen) atoms. The van der Waals surface area contributed by atoms with Crippen LogP contribution < -0.4 is 16.2 Å². The number of aromatic nitrogens is 2. The molecule has 1 aromatic rings. The summed E-state index contributed by atoms with van der Waals surface area (Å²) in [5.74, 6) is 8.72. The standard InChI is InChI=1S/C14H25N5/c1-9-7-5-6-8-12(9)19(4)14-10(2)13(18-15)16-11(3)17-14/h9,12H,5-8,15H2,1-4H3,(H,16,17,18). The third-order valence-corrected chi connectivity index (χ3v) is 4.27. The SMILES string of the molecule is Cc1nc(NN)c(C)c(N(C)C2CCCCC2C)n1. The van der Waals surface area contributed by atoms with E-state index >= 15 is 0 Å². The molecule has 0 amide bonds. The highest BCUT2D eigenvalue weighted by molar-refractivity contribution is 5.58. The molecule has 1 fully saturated rings. The number of hydrazine groups is 1. The van der Waals surface area contributed by atoms with Crippen molar-refractivity contribution in [3.63, 3.8) is 0 Å². The van der Waals surface area contributed by atoms with Gasteiger partial charge in [0, 0.05) is 18.7 Å². The van der Waals surface area contributed by atoms with E-state index in [9.17, 15) is 0 Å². The summed E-state index contributed by atoms with van der Waals surface area (Å²) >= 11 is 0. The third-order valence-electron chi connectivity index (χ3n) is 4.27. The van der Waals surface area contributed by atoms with E-state index in [0.29, 0.717) is 12.0 Å². The Morgan fingerprint density at radius 3 is 2.53 bits per heavy atom. The Morgan fingerprint density at radius 1 is 1.21 bits per heavy atom. The van der Waals surface area contributed by atoms with E-state index in [-0.39, 0.29) is 0 Å². The van der Waals surface area contributed by atoms with Crippen molar-refractivity contribution in [2.45, 2.75) is 52.5 Å². The minimum absolute atomic E-state index is 0.562. The Kier molecular flexibility index (Phi) is 4.24. The van der Waals surface area contributed by atoms with Gasteiger partial charge in [0.2, 0.25) is 0 Å². The molecule has 1 saturated carbocycles. The van der Waals surface area contributed by atoms with Gasteiger partial charge in [-0.3, -0.25) is 0 Å². The van der Waals surface area contributed by atoms with Crippen LogP contribution in [-0.2, 0) is 0 Å². The second-order valence-electron chi connectivity index (χ2n) is 5.65. The van der Waals surface area contributed by atoms with Crippen molar-refractivity contribution in [1.29, 1.82) is 0 Å². The summed E-state index contributed by atoms with van der Waals surface area (Å²) in [5, 5.41) is 0. The highest BCUT2D eigenvalue weighted by atomic mass is 15.3. The Bertz CT molecular complexity index is 446. The largest absolute Gasteiger partial charge is 0.356 e. The van der Waals surface area contributed by atoms with Gasteiger partial charge in [-0.05, 0) is 32.6 Å². The highest BCUT2D eigenvalue weighted by Crippen LogP contribution is 2.32.